The molecule has 25 heavy (non-hydrogen) atoms. The van der Waals surface area contributed by atoms with E-state index in [2.05, 4.69) is 45.9 Å². The summed E-state index contributed by atoms with van der Waals surface area (Å²) in [7, 11) is 0. The van der Waals surface area contributed by atoms with Gasteiger partial charge in [0.2, 0.25) is 5.91 Å². The number of carbonyl (C=O) groups excluding carboxylic acids is 1. The number of piperazine rings is 1. The summed E-state index contributed by atoms with van der Waals surface area (Å²) in [5.41, 5.74) is 1.44. The fourth-order valence-corrected chi connectivity index (χ4v) is 4.01. The highest BCUT2D eigenvalue weighted by Gasteiger charge is 2.26. The second-order valence-electron chi connectivity index (χ2n) is 7.20. The molecule has 5 heteroatoms. The minimum absolute atomic E-state index is 0. The Morgan fingerprint density at radius 1 is 1.08 bits per heavy atom. The average molecular weight is 366 g/mol. The van der Waals surface area contributed by atoms with Gasteiger partial charge >= 0.3 is 0 Å². The average Bonchev–Trinajstić information content (AvgIpc) is 2.67. The van der Waals surface area contributed by atoms with Crippen molar-refractivity contribution in [2.75, 3.05) is 39.3 Å². The minimum Gasteiger partial charge on any atom is -0.356 e. The van der Waals surface area contributed by atoms with E-state index in [4.69, 9.17) is 0 Å². The third kappa shape index (κ3) is 6.28. The van der Waals surface area contributed by atoms with Gasteiger partial charge in [0.25, 0.3) is 0 Å². The van der Waals surface area contributed by atoms with Crippen molar-refractivity contribution in [3.8, 4) is 0 Å². The van der Waals surface area contributed by atoms with E-state index in [0.717, 1.165) is 71.4 Å². The van der Waals surface area contributed by atoms with Crippen molar-refractivity contribution < 1.29 is 4.79 Å². The lowest BCUT2D eigenvalue weighted by atomic mass is 9.78. The molecule has 0 bridgehead atoms. The zero-order chi connectivity index (χ0) is 16.6. The van der Waals surface area contributed by atoms with Gasteiger partial charge in [0.05, 0.1) is 0 Å². The number of rotatable bonds is 6. The van der Waals surface area contributed by atoms with E-state index >= 15 is 0 Å². The lowest BCUT2D eigenvalue weighted by Gasteiger charge is -2.29. The van der Waals surface area contributed by atoms with Gasteiger partial charge in [0.15, 0.2) is 0 Å². The quantitative estimate of drug-likeness (QED) is 0.762. The lowest BCUT2D eigenvalue weighted by Crippen LogP contribution is -2.44. The first-order chi connectivity index (χ1) is 11.8. The largest absolute Gasteiger partial charge is 0.356 e. The van der Waals surface area contributed by atoms with Gasteiger partial charge in [-0.3, -0.25) is 4.79 Å². The summed E-state index contributed by atoms with van der Waals surface area (Å²) >= 11 is 0. The van der Waals surface area contributed by atoms with Gasteiger partial charge in [0, 0.05) is 38.6 Å². The molecule has 1 saturated heterocycles. The molecule has 1 aliphatic heterocycles. The van der Waals surface area contributed by atoms with Crippen molar-refractivity contribution in [3.63, 3.8) is 0 Å². The highest BCUT2D eigenvalue weighted by Crippen LogP contribution is 2.35. The lowest BCUT2D eigenvalue weighted by molar-refractivity contribution is -0.126. The topological polar surface area (TPSA) is 44.4 Å². The van der Waals surface area contributed by atoms with Gasteiger partial charge in [0.1, 0.15) is 0 Å². The number of nitrogens with one attached hydrogen (secondary N) is 2. The fraction of sp³-hybridized carbons (Fsp3) is 0.650. The third-order valence-electron chi connectivity index (χ3n) is 5.53. The molecule has 0 atom stereocenters. The summed E-state index contributed by atoms with van der Waals surface area (Å²) in [6.07, 6.45) is 5.41. The van der Waals surface area contributed by atoms with Gasteiger partial charge in [-0.25, -0.2) is 0 Å². The summed E-state index contributed by atoms with van der Waals surface area (Å²) in [6, 6.07) is 10.8. The molecule has 2 aliphatic rings. The van der Waals surface area contributed by atoms with E-state index in [-0.39, 0.29) is 24.2 Å². The maximum absolute atomic E-state index is 12.4. The number of benzene rings is 1. The van der Waals surface area contributed by atoms with Gasteiger partial charge in [-0.1, -0.05) is 30.3 Å². The Bertz CT molecular complexity index is 497. The number of hydrogen-bond donors (Lipinski definition) is 2. The van der Waals surface area contributed by atoms with Crippen LogP contribution in [0.4, 0.5) is 0 Å². The fourth-order valence-electron chi connectivity index (χ4n) is 4.01. The molecule has 140 valence electrons. The summed E-state index contributed by atoms with van der Waals surface area (Å²) in [5.74, 6) is 1.15. The monoisotopic (exact) mass is 365 g/mol. The summed E-state index contributed by atoms with van der Waals surface area (Å²) < 4.78 is 0. The van der Waals surface area contributed by atoms with Crippen LogP contribution in [-0.4, -0.2) is 50.1 Å². The first-order valence-electron chi connectivity index (χ1n) is 9.58. The molecule has 1 aromatic carbocycles. The zero-order valence-electron chi connectivity index (χ0n) is 15.1. The van der Waals surface area contributed by atoms with Gasteiger partial charge in [-0.05, 0) is 50.1 Å². The number of halogens is 1. The van der Waals surface area contributed by atoms with E-state index in [1.807, 2.05) is 0 Å². The van der Waals surface area contributed by atoms with Crippen LogP contribution in [0.3, 0.4) is 0 Å². The summed E-state index contributed by atoms with van der Waals surface area (Å²) in [6.45, 7) is 6.38. The first kappa shape index (κ1) is 20.2. The Kier molecular flexibility index (Phi) is 8.73. The zero-order valence-corrected chi connectivity index (χ0v) is 15.9. The molecule has 4 nitrogen and oxygen atoms in total. The summed E-state index contributed by atoms with van der Waals surface area (Å²) in [5, 5.41) is 6.54. The van der Waals surface area contributed by atoms with E-state index in [9.17, 15) is 4.79 Å². The number of nitrogens with zero attached hydrogens (tertiary/aromatic N) is 1. The van der Waals surface area contributed by atoms with Crippen LogP contribution in [0.2, 0.25) is 0 Å². The van der Waals surface area contributed by atoms with Crippen LogP contribution < -0.4 is 10.6 Å². The molecule has 0 radical (unpaired) electrons. The van der Waals surface area contributed by atoms with Crippen LogP contribution >= 0.6 is 12.4 Å². The molecule has 2 fully saturated rings. The first-order valence-corrected chi connectivity index (χ1v) is 9.58. The molecule has 1 aliphatic carbocycles. The van der Waals surface area contributed by atoms with E-state index in [1.165, 1.54) is 5.56 Å². The van der Waals surface area contributed by atoms with E-state index in [1.54, 1.807) is 0 Å². The number of carbonyl (C=O) groups is 1. The Labute approximate surface area is 158 Å². The standard InChI is InChI=1S/C20H31N3O.ClH/c24-20(22-11-4-14-23-15-12-21-13-16-23)19-9-7-18(8-10-19)17-5-2-1-3-6-17;/h1-3,5-6,18-19,21H,4,7-16H2,(H,22,24);1H. The van der Waals surface area contributed by atoms with Crippen LogP contribution in [-0.2, 0) is 4.79 Å². The predicted molar refractivity (Wildman–Crippen MR) is 105 cm³/mol. The van der Waals surface area contributed by atoms with Gasteiger partial charge in [-0.2, -0.15) is 0 Å². The molecular weight excluding hydrogens is 334 g/mol. The van der Waals surface area contributed by atoms with Crippen molar-refractivity contribution in [1.82, 2.24) is 15.5 Å². The highest BCUT2D eigenvalue weighted by molar-refractivity contribution is 5.85. The number of hydrogen-bond acceptors (Lipinski definition) is 3. The van der Waals surface area contributed by atoms with Crippen LogP contribution in [0.1, 0.15) is 43.6 Å². The molecule has 0 spiro atoms. The Morgan fingerprint density at radius 2 is 1.76 bits per heavy atom. The molecule has 1 saturated carbocycles. The van der Waals surface area contributed by atoms with E-state index in [0.29, 0.717) is 5.92 Å². The Hall–Kier alpha value is -1.10. The van der Waals surface area contributed by atoms with Crippen LogP contribution in [0, 0.1) is 5.92 Å². The van der Waals surface area contributed by atoms with Crippen molar-refractivity contribution in [2.45, 2.75) is 38.0 Å². The molecule has 0 unspecified atom stereocenters. The van der Waals surface area contributed by atoms with Gasteiger partial charge in [-0.15, -0.1) is 12.4 Å². The van der Waals surface area contributed by atoms with Crippen LogP contribution in [0.5, 0.6) is 0 Å². The highest BCUT2D eigenvalue weighted by atomic mass is 35.5. The van der Waals surface area contributed by atoms with Crippen molar-refractivity contribution in [3.05, 3.63) is 35.9 Å². The molecule has 1 aromatic rings. The predicted octanol–water partition coefficient (Wildman–Crippen LogP) is 2.79. The Morgan fingerprint density at radius 3 is 2.44 bits per heavy atom. The number of amides is 1. The maximum Gasteiger partial charge on any atom is 0.223 e. The smallest absolute Gasteiger partial charge is 0.223 e. The third-order valence-corrected chi connectivity index (χ3v) is 5.53. The SMILES string of the molecule is Cl.O=C(NCCCN1CCNCC1)C1CCC(c2ccccc2)CC1. The molecule has 2 N–H and O–H groups in total. The molecule has 1 amide bonds. The van der Waals surface area contributed by atoms with Crippen LogP contribution in [0.25, 0.3) is 0 Å². The molecular formula is C20H32ClN3O. The Balaban J connectivity index is 0.00000225. The normalized spacial score (nSPS) is 24.3. The second kappa shape index (κ2) is 10.8. The van der Waals surface area contributed by atoms with Crippen molar-refractivity contribution in [2.24, 2.45) is 5.92 Å². The minimum atomic E-state index is 0. The summed E-state index contributed by atoms with van der Waals surface area (Å²) in [4.78, 5) is 14.8. The van der Waals surface area contributed by atoms with Crippen LogP contribution in [0.15, 0.2) is 30.3 Å². The van der Waals surface area contributed by atoms with Crippen molar-refractivity contribution >= 4 is 18.3 Å². The molecule has 1 heterocycles. The van der Waals surface area contributed by atoms with Gasteiger partial charge < -0.3 is 15.5 Å². The second-order valence-corrected chi connectivity index (χ2v) is 7.20. The van der Waals surface area contributed by atoms with E-state index < -0.39 is 0 Å². The maximum atomic E-state index is 12.4. The molecule has 3 rings (SSSR count). The molecule has 0 aromatic heterocycles. The van der Waals surface area contributed by atoms with Crippen molar-refractivity contribution in [1.29, 1.82) is 0 Å².